The summed E-state index contributed by atoms with van der Waals surface area (Å²) in [6, 6.07) is 8.29. The number of benzene rings is 1. The van der Waals surface area contributed by atoms with E-state index in [4.69, 9.17) is 4.52 Å². The maximum atomic E-state index is 12.1. The summed E-state index contributed by atoms with van der Waals surface area (Å²) in [5, 5.41) is 5.76. The van der Waals surface area contributed by atoms with Gasteiger partial charge in [0.05, 0.1) is 0 Å². The molecule has 21 heavy (non-hydrogen) atoms. The Morgan fingerprint density at radius 1 is 1.29 bits per heavy atom. The van der Waals surface area contributed by atoms with Crippen LogP contribution in [0.4, 0.5) is 0 Å². The van der Waals surface area contributed by atoms with Crippen molar-refractivity contribution >= 4 is 5.91 Å². The molecular weight excluding hydrogens is 268 g/mol. The number of hydrogen-bond acceptors (Lipinski definition) is 5. The van der Waals surface area contributed by atoms with Crippen molar-refractivity contribution in [1.82, 2.24) is 20.6 Å². The summed E-state index contributed by atoms with van der Waals surface area (Å²) < 4.78 is 5.04. The second-order valence-corrected chi connectivity index (χ2v) is 5.61. The predicted octanol–water partition coefficient (Wildman–Crippen LogP) is 1.65. The van der Waals surface area contributed by atoms with Crippen molar-refractivity contribution < 1.29 is 9.32 Å². The van der Waals surface area contributed by atoms with Crippen LogP contribution in [-0.2, 0) is 13.0 Å². The lowest BCUT2D eigenvalue weighted by atomic mass is 10.0. The highest BCUT2D eigenvalue weighted by molar-refractivity contribution is 5.89. The van der Waals surface area contributed by atoms with Crippen LogP contribution in [0.5, 0.6) is 0 Å². The fraction of sp³-hybridized carbons (Fsp3) is 0.400. The molecule has 1 aromatic carbocycles. The fourth-order valence-corrected chi connectivity index (χ4v) is 2.62. The minimum absolute atomic E-state index is 0.0516. The Labute approximate surface area is 122 Å². The van der Waals surface area contributed by atoms with Gasteiger partial charge in [-0.05, 0) is 30.4 Å². The summed E-state index contributed by atoms with van der Waals surface area (Å²) in [5.41, 5.74) is 5.43. The van der Waals surface area contributed by atoms with Crippen LogP contribution in [0, 0.1) is 0 Å². The summed E-state index contributed by atoms with van der Waals surface area (Å²) in [6.45, 7) is 1.48. The van der Waals surface area contributed by atoms with E-state index in [2.05, 4.69) is 27.7 Å². The fourth-order valence-electron chi connectivity index (χ4n) is 2.62. The Kier molecular flexibility index (Phi) is 2.96. The number of carbonyl (C=O) groups excluding carboxylic acids is 1. The molecule has 108 valence electrons. The summed E-state index contributed by atoms with van der Waals surface area (Å²) in [4.78, 5) is 16.3. The zero-order valence-electron chi connectivity index (χ0n) is 11.6. The molecule has 2 heterocycles. The van der Waals surface area contributed by atoms with Crippen LogP contribution >= 0.6 is 0 Å². The maximum absolute atomic E-state index is 12.1. The molecule has 6 nitrogen and oxygen atoms in total. The maximum Gasteiger partial charge on any atom is 0.324 e. The number of hydrazine groups is 1. The third kappa shape index (κ3) is 2.54. The first-order valence-electron chi connectivity index (χ1n) is 7.26. The molecule has 2 aromatic rings. The standard InChI is InChI=1S/C15H16N4O2/c20-14(15-16-13(18-21-15)11-5-6-11)17-19-8-7-10-3-1-2-4-12(10)9-19/h1-4,11H,5-9H2,(H,17,20). The second-order valence-electron chi connectivity index (χ2n) is 5.61. The van der Waals surface area contributed by atoms with E-state index in [9.17, 15) is 4.79 Å². The lowest BCUT2D eigenvalue weighted by Crippen LogP contribution is -2.45. The van der Waals surface area contributed by atoms with Gasteiger partial charge >= 0.3 is 11.8 Å². The molecule has 1 saturated carbocycles. The molecule has 2 aliphatic rings. The molecule has 0 radical (unpaired) electrons. The van der Waals surface area contributed by atoms with Crippen molar-refractivity contribution in [2.45, 2.75) is 31.7 Å². The van der Waals surface area contributed by atoms with Crippen LogP contribution in [-0.4, -0.2) is 27.6 Å². The molecule has 1 N–H and O–H groups in total. The molecule has 4 rings (SSSR count). The van der Waals surface area contributed by atoms with E-state index in [1.165, 1.54) is 11.1 Å². The summed E-state index contributed by atoms with van der Waals surface area (Å²) >= 11 is 0. The van der Waals surface area contributed by atoms with Crippen LogP contribution < -0.4 is 5.43 Å². The Balaban J connectivity index is 1.42. The van der Waals surface area contributed by atoms with Crippen LogP contribution in [0.15, 0.2) is 28.8 Å². The van der Waals surface area contributed by atoms with Crippen LogP contribution in [0.25, 0.3) is 0 Å². The molecule has 1 fully saturated rings. The minimum Gasteiger partial charge on any atom is -0.328 e. The quantitative estimate of drug-likeness (QED) is 0.928. The number of aromatic nitrogens is 2. The van der Waals surface area contributed by atoms with Gasteiger partial charge in [-0.2, -0.15) is 4.98 Å². The van der Waals surface area contributed by atoms with Gasteiger partial charge in [-0.15, -0.1) is 0 Å². The molecule has 0 bridgehead atoms. The highest BCUT2D eigenvalue weighted by atomic mass is 16.5. The van der Waals surface area contributed by atoms with Crippen molar-refractivity contribution in [1.29, 1.82) is 0 Å². The molecule has 1 aromatic heterocycles. The van der Waals surface area contributed by atoms with E-state index in [1.54, 1.807) is 0 Å². The second kappa shape index (κ2) is 4.96. The zero-order valence-corrected chi connectivity index (χ0v) is 11.6. The Morgan fingerprint density at radius 2 is 2.10 bits per heavy atom. The molecule has 1 aliphatic heterocycles. The number of carbonyl (C=O) groups is 1. The topological polar surface area (TPSA) is 71.3 Å². The molecule has 6 heteroatoms. The summed E-state index contributed by atoms with van der Waals surface area (Å²) in [6.07, 6.45) is 3.10. The smallest absolute Gasteiger partial charge is 0.324 e. The number of rotatable bonds is 3. The lowest BCUT2D eigenvalue weighted by Gasteiger charge is -2.28. The van der Waals surface area contributed by atoms with Gasteiger partial charge in [-0.1, -0.05) is 29.4 Å². The summed E-state index contributed by atoms with van der Waals surface area (Å²) in [7, 11) is 0. The molecule has 0 spiro atoms. The van der Waals surface area contributed by atoms with Gasteiger partial charge in [0, 0.05) is 19.0 Å². The minimum atomic E-state index is -0.325. The molecular formula is C15H16N4O2. The third-order valence-electron chi connectivity index (χ3n) is 3.97. The van der Waals surface area contributed by atoms with Crippen LogP contribution in [0.3, 0.4) is 0 Å². The van der Waals surface area contributed by atoms with Gasteiger partial charge in [0.2, 0.25) is 0 Å². The van der Waals surface area contributed by atoms with Crippen LogP contribution in [0.1, 0.15) is 46.4 Å². The van der Waals surface area contributed by atoms with Crippen LogP contribution in [0.2, 0.25) is 0 Å². The van der Waals surface area contributed by atoms with Gasteiger partial charge in [0.25, 0.3) is 0 Å². The first-order valence-corrected chi connectivity index (χ1v) is 7.26. The van der Waals surface area contributed by atoms with E-state index in [0.717, 1.165) is 25.8 Å². The number of nitrogens with zero attached hydrogens (tertiary/aromatic N) is 3. The van der Waals surface area contributed by atoms with Gasteiger partial charge in [0.15, 0.2) is 5.82 Å². The Morgan fingerprint density at radius 3 is 2.90 bits per heavy atom. The third-order valence-corrected chi connectivity index (χ3v) is 3.97. The monoisotopic (exact) mass is 284 g/mol. The predicted molar refractivity (Wildman–Crippen MR) is 74.3 cm³/mol. The SMILES string of the molecule is O=C(NN1CCc2ccccc2C1)c1nc(C2CC2)no1. The average Bonchev–Trinajstić information content (AvgIpc) is 3.24. The van der Waals surface area contributed by atoms with Crippen molar-refractivity contribution in [3.05, 3.63) is 47.1 Å². The Hall–Kier alpha value is -2.21. The number of fused-ring (bicyclic) bond motifs is 1. The van der Waals surface area contributed by atoms with E-state index in [1.807, 2.05) is 17.1 Å². The van der Waals surface area contributed by atoms with Gasteiger partial charge in [-0.3, -0.25) is 10.2 Å². The molecule has 1 aliphatic carbocycles. The number of amides is 1. The van der Waals surface area contributed by atoms with Crippen molar-refractivity contribution in [2.75, 3.05) is 6.54 Å². The lowest BCUT2D eigenvalue weighted by molar-refractivity contribution is 0.0718. The number of nitrogens with one attached hydrogen (secondary N) is 1. The van der Waals surface area contributed by atoms with Crippen molar-refractivity contribution in [3.63, 3.8) is 0 Å². The zero-order chi connectivity index (χ0) is 14.2. The summed E-state index contributed by atoms with van der Waals surface area (Å²) in [5.74, 6) is 0.769. The van der Waals surface area contributed by atoms with Gasteiger partial charge in [-0.25, -0.2) is 5.01 Å². The van der Waals surface area contributed by atoms with Gasteiger partial charge in [0.1, 0.15) is 0 Å². The van der Waals surface area contributed by atoms with E-state index >= 15 is 0 Å². The van der Waals surface area contributed by atoms with Crippen molar-refractivity contribution in [3.8, 4) is 0 Å². The first-order chi connectivity index (χ1) is 10.3. The Bertz CT molecular complexity index is 678. The van der Waals surface area contributed by atoms with E-state index < -0.39 is 0 Å². The molecule has 0 saturated heterocycles. The highest BCUT2D eigenvalue weighted by Gasteiger charge is 2.30. The largest absolute Gasteiger partial charge is 0.328 e. The molecule has 1 amide bonds. The number of hydrogen-bond donors (Lipinski definition) is 1. The van der Waals surface area contributed by atoms with E-state index in [0.29, 0.717) is 18.3 Å². The first kappa shape index (κ1) is 12.5. The average molecular weight is 284 g/mol. The highest BCUT2D eigenvalue weighted by Crippen LogP contribution is 2.38. The molecule has 0 unspecified atom stereocenters. The molecule has 0 atom stereocenters. The van der Waals surface area contributed by atoms with Gasteiger partial charge < -0.3 is 4.52 Å². The normalized spacial score (nSPS) is 18.3. The van der Waals surface area contributed by atoms with E-state index in [-0.39, 0.29) is 11.8 Å². The van der Waals surface area contributed by atoms with Crippen molar-refractivity contribution in [2.24, 2.45) is 0 Å².